The van der Waals surface area contributed by atoms with E-state index >= 15 is 0 Å². The van der Waals surface area contributed by atoms with Crippen molar-refractivity contribution >= 4 is 50.8 Å². The van der Waals surface area contributed by atoms with Gasteiger partial charge in [-0.2, -0.15) is 0 Å². The average molecular weight is 494 g/mol. The summed E-state index contributed by atoms with van der Waals surface area (Å²) >= 11 is 7.52. The summed E-state index contributed by atoms with van der Waals surface area (Å²) < 4.78 is 0. The number of benzene rings is 2. The van der Waals surface area contributed by atoms with Gasteiger partial charge < -0.3 is 15.2 Å². The first-order valence-electron chi connectivity index (χ1n) is 11.3. The fourth-order valence-corrected chi connectivity index (χ4v) is 5.20. The SMILES string of the molecule is O=C(Nc1nnc(CCc2ccccc2)s1)C1CC(=O)N(CCc2c[nH]c3ccc(Cl)cc23)C1. The van der Waals surface area contributed by atoms with Gasteiger partial charge >= 0.3 is 0 Å². The number of nitrogens with one attached hydrogen (secondary N) is 2. The van der Waals surface area contributed by atoms with Crippen molar-refractivity contribution in [2.24, 2.45) is 5.92 Å². The van der Waals surface area contributed by atoms with E-state index in [0.717, 1.165) is 34.3 Å². The van der Waals surface area contributed by atoms with Crippen molar-refractivity contribution in [1.82, 2.24) is 20.1 Å². The Hall–Kier alpha value is -3.23. The Balaban J connectivity index is 1.13. The molecule has 7 nitrogen and oxygen atoms in total. The van der Waals surface area contributed by atoms with Crippen LogP contribution in [0.1, 0.15) is 22.6 Å². The van der Waals surface area contributed by atoms with Crippen LogP contribution < -0.4 is 5.32 Å². The smallest absolute Gasteiger partial charge is 0.231 e. The third kappa shape index (κ3) is 5.13. The van der Waals surface area contributed by atoms with Crippen molar-refractivity contribution in [1.29, 1.82) is 0 Å². The maximum absolute atomic E-state index is 12.8. The molecular formula is C25H24ClN5O2S. The van der Waals surface area contributed by atoms with Crippen molar-refractivity contribution in [3.05, 3.63) is 75.9 Å². The number of carbonyl (C=O) groups excluding carboxylic acids is 2. The Kier molecular flexibility index (Phi) is 6.60. The molecule has 1 aliphatic rings. The lowest BCUT2D eigenvalue weighted by molar-refractivity contribution is -0.128. The van der Waals surface area contributed by atoms with Gasteiger partial charge in [-0.1, -0.05) is 53.3 Å². The van der Waals surface area contributed by atoms with E-state index in [1.807, 2.05) is 42.6 Å². The molecule has 4 aromatic rings. The van der Waals surface area contributed by atoms with E-state index in [1.165, 1.54) is 16.9 Å². The first kappa shape index (κ1) is 22.6. The molecule has 1 fully saturated rings. The van der Waals surface area contributed by atoms with Crippen LogP contribution in [-0.2, 0) is 28.9 Å². The normalized spacial score (nSPS) is 15.9. The number of aromatic nitrogens is 3. The molecule has 9 heteroatoms. The molecule has 3 heterocycles. The summed E-state index contributed by atoms with van der Waals surface area (Å²) in [5.74, 6) is -0.569. The monoisotopic (exact) mass is 493 g/mol. The Bertz CT molecular complexity index is 1320. The molecule has 5 rings (SSSR count). The number of likely N-dealkylation sites (tertiary alicyclic amines) is 1. The lowest BCUT2D eigenvalue weighted by Gasteiger charge is -2.16. The molecule has 1 saturated heterocycles. The Morgan fingerprint density at radius 3 is 2.85 bits per heavy atom. The van der Waals surface area contributed by atoms with Crippen LogP contribution in [0.3, 0.4) is 0 Å². The van der Waals surface area contributed by atoms with Crippen LogP contribution in [0.2, 0.25) is 5.02 Å². The lowest BCUT2D eigenvalue weighted by atomic mass is 10.1. The standard InChI is InChI=1S/C25H24ClN5O2S/c26-19-7-8-21-20(13-19)17(14-27-21)10-11-31-15-18(12-23(31)32)24(33)28-25-30-29-22(34-25)9-6-16-4-2-1-3-5-16/h1-5,7-8,13-14,18,27H,6,9-12,15H2,(H,28,30,33). The van der Waals surface area contributed by atoms with Gasteiger partial charge in [0.1, 0.15) is 5.01 Å². The van der Waals surface area contributed by atoms with Crippen LogP contribution in [0.4, 0.5) is 5.13 Å². The number of rotatable bonds is 8. The predicted molar refractivity (Wildman–Crippen MR) is 134 cm³/mol. The Labute approximate surface area is 206 Å². The number of carbonyl (C=O) groups is 2. The molecule has 0 radical (unpaired) electrons. The van der Waals surface area contributed by atoms with Gasteiger partial charge in [0.05, 0.1) is 5.92 Å². The molecule has 2 amide bonds. The van der Waals surface area contributed by atoms with Gasteiger partial charge in [0, 0.05) is 48.1 Å². The van der Waals surface area contributed by atoms with E-state index in [1.54, 1.807) is 4.90 Å². The van der Waals surface area contributed by atoms with E-state index in [0.29, 0.717) is 29.7 Å². The molecule has 2 N–H and O–H groups in total. The molecule has 1 atom stereocenters. The fraction of sp³-hybridized carbons (Fsp3) is 0.280. The second kappa shape index (κ2) is 9.95. The molecule has 0 spiro atoms. The largest absolute Gasteiger partial charge is 0.361 e. The molecule has 0 saturated carbocycles. The van der Waals surface area contributed by atoms with Gasteiger partial charge in [0.2, 0.25) is 16.9 Å². The minimum absolute atomic E-state index is 0.00108. The van der Waals surface area contributed by atoms with E-state index in [-0.39, 0.29) is 24.2 Å². The summed E-state index contributed by atoms with van der Waals surface area (Å²) in [6.45, 7) is 0.970. The molecule has 0 aliphatic carbocycles. The fourth-order valence-electron chi connectivity index (χ4n) is 4.29. The van der Waals surface area contributed by atoms with Crippen molar-refractivity contribution < 1.29 is 9.59 Å². The molecular weight excluding hydrogens is 470 g/mol. The van der Waals surface area contributed by atoms with E-state index in [2.05, 4.69) is 32.6 Å². The summed E-state index contributed by atoms with van der Waals surface area (Å²) in [5.41, 5.74) is 3.36. The zero-order chi connectivity index (χ0) is 23.5. The van der Waals surface area contributed by atoms with Gasteiger partial charge in [-0.05, 0) is 42.2 Å². The summed E-state index contributed by atoms with van der Waals surface area (Å²) in [6, 6.07) is 15.9. The molecule has 2 aromatic heterocycles. The second-order valence-electron chi connectivity index (χ2n) is 8.47. The molecule has 34 heavy (non-hydrogen) atoms. The third-order valence-electron chi connectivity index (χ3n) is 6.13. The number of H-pyrrole nitrogens is 1. The number of fused-ring (bicyclic) bond motifs is 1. The number of amides is 2. The third-order valence-corrected chi connectivity index (χ3v) is 7.27. The number of nitrogens with zero attached hydrogens (tertiary/aromatic N) is 3. The Morgan fingerprint density at radius 2 is 2.00 bits per heavy atom. The van der Waals surface area contributed by atoms with E-state index in [4.69, 9.17) is 11.6 Å². The maximum atomic E-state index is 12.8. The molecule has 174 valence electrons. The van der Waals surface area contributed by atoms with Gasteiger partial charge in [-0.3, -0.25) is 9.59 Å². The highest BCUT2D eigenvalue weighted by atomic mass is 35.5. The number of hydrogen-bond donors (Lipinski definition) is 2. The number of halogens is 1. The first-order valence-corrected chi connectivity index (χ1v) is 12.4. The van der Waals surface area contributed by atoms with Crippen molar-refractivity contribution in [2.45, 2.75) is 25.7 Å². The van der Waals surface area contributed by atoms with Gasteiger partial charge in [0.15, 0.2) is 0 Å². The zero-order valence-corrected chi connectivity index (χ0v) is 20.0. The highest BCUT2D eigenvalue weighted by molar-refractivity contribution is 7.15. The highest BCUT2D eigenvalue weighted by Crippen LogP contribution is 2.25. The molecule has 2 aromatic carbocycles. The van der Waals surface area contributed by atoms with E-state index in [9.17, 15) is 9.59 Å². The average Bonchev–Trinajstić information content (AvgIpc) is 3.55. The predicted octanol–water partition coefficient (Wildman–Crippen LogP) is 4.49. The minimum atomic E-state index is -0.387. The number of hydrogen-bond acceptors (Lipinski definition) is 5. The number of aromatic amines is 1. The first-order chi connectivity index (χ1) is 16.5. The zero-order valence-electron chi connectivity index (χ0n) is 18.5. The quantitative estimate of drug-likeness (QED) is 0.378. The number of anilines is 1. The van der Waals surface area contributed by atoms with Crippen LogP contribution in [-0.4, -0.2) is 45.0 Å². The summed E-state index contributed by atoms with van der Waals surface area (Å²) in [7, 11) is 0. The molecule has 1 unspecified atom stereocenters. The van der Waals surface area contributed by atoms with Crippen LogP contribution in [0.5, 0.6) is 0 Å². The van der Waals surface area contributed by atoms with Crippen molar-refractivity contribution in [2.75, 3.05) is 18.4 Å². The summed E-state index contributed by atoms with van der Waals surface area (Å²) in [6.07, 6.45) is 4.51. The van der Waals surface area contributed by atoms with Crippen LogP contribution in [0, 0.1) is 5.92 Å². The van der Waals surface area contributed by atoms with Gasteiger partial charge in [-0.25, -0.2) is 0 Å². The van der Waals surface area contributed by atoms with E-state index < -0.39 is 0 Å². The topological polar surface area (TPSA) is 91.0 Å². The van der Waals surface area contributed by atoms with Gasteiger partial charge in [0.25, 0.3) is 0 Å². The van der Waals surface area contributed by atoms with Crippen molar-refractivity contribution in [3.8, 4) is 0 Å². The highest BCUT2D eigenvalue weighted by Gasteiger charge is 2.34. The van der Waals surface area contributed by atoms with Crippen LogP contribution in [0.25, 0.3) is 10.9 Å². The van der Waals surface area contributed by atoms with Gasteiger partial charge in [-0.15, -0.1) is 10.2 Å². The number of aryl methyl sites for hydroxylation is 2. The Morgan fingerprint density at radius 1 is 1.15 bits per heavy atom. The second-order valence-corrected chi connectivity index (χ2v) is 9.97. The maximum Gasteiger partial charge on any atom is 0.231 e. The van der Waals surface area contributed by atoms with Crippen molar-refractivity contribution in [3.63, 3.8) is 0 Å². The minimum Gasteiger partial charge on any atom is -0.361 e. The molecule has 0 bridgehead atoms. The summed E-state index contributed by atoms with van der Waals surface area (Å²) in [4.78, 5) is 30.3. The van der Waals surface area contributed by atoms with Crippen LogP contribution in [0.15, 0.2) is 54.7 Å². The lowest BCUT2D eigenvalue weighted by Crippen LogP contribution is -2.30. The van der Waals surface area contributed by atoms with Crippen LogP contribution >= 0.6 is 22.9 Å². The summed E-state index contributed by atoms with van der Waals surface area (Å²) in [5, 5.41) is 14.3. The molecule has 1 aliphatic heterocycles.